The molecule has 1 aliphatic heterocycles. The topological polar surface area (TPSA) is 34.6 Å². The van der Waals surface area contributed by atoms with Crippen LogP contribution < -0.4 is 4.74 Å². The molecule has 1 fully saturated rings. The third-order valence-corrected chi connectivity index (χ3v) is 4.70. The molecule has 0 aliphatic carbocycles. The Morgan fingerprint density at radius 2 is 2.07 bits per heavy atom. The predicted octanol–water partition coefficient (Wildman–Crippen LogP) is 3.50. The molecule has 1 saturated heterocycles. The predicted molar refractivity (Wildman–Crippen MR) is 107 cm³/mol. The van der Waals surface area contributed by atoms with Gasteiger partial charge in [-0.2, -0.15) is 0 Å². The summed E-state index contributed by atoms with van der Waals surface area (Å²) in [6.07, 6.45) is 5.48. The molecule has 1 aromatic heterocycles. The lowest BCUT2D eigenvalue weighted by Gasteiger charge is -2.32. The molecule has 0 amide bonds. The summed E-state index contributed by atoms with van der Waals surface area (Å²) in [6, 6.07) is 20.0. The van der Waals surface area contributed by atoms with Gasteiger partial charge in [0.2, 0.25) is 0 Å². The first-order valence-electron chi connectivity index (χ1n) is 9.18. The minimum atomic E-state index is 0.0358. The van der Waals surface area contributed by atoms with Crippen LogP contribution in [0.3, 0.4) is 0 Å². The number of terminal acetylenes is 1. The second kappa shape index (κ2) is 8.22. The first kappa shape index (κ1) is 17.5. The summed E-state index contributed by atoms with van der Waals surface area (Å²) in [5, 5.41) is 1.17. The van der Waals surface area contributed by atoms with Gasteiger partial charge in [-0.05, 0) is 30.3 Å². The molecule has 3 aromatic rings. The van der Waals surface area contributed by atoms with Crippen molar-refractivity contribution in [3.63, 3.8) is 0 Å². The van der Waals surface area contributed by atoms with Crippen molar-refractivity contribution >= 4 is 10.9 Å². The average molecular weight is 358 g/mol. The van der Waals surface area contributed by atoms with Gasteiger partial charge in [0.1, 0.15) is 18.5 Å². The van der Waals surface area contributed by atoms with Gasteiger partial charge in [0.15, 0.2) is 0 Å². The minimum absolute atomic E-state index is 0.0358. The van der Waals surface area contributed by atoms with Gasteiger partial charge in [0, 0.05) is 30.6 Å². The van der Waals surface area contributed by atoms with Crippen LogP contribution >= 0.6 is 0 Å². The summed E-state index contributed by atoms with van der Waals surface area (Å²) >= 11 is 0. The normalized spacial score (nSPS) is 17.5. The highest BCUT2D eigenvalue weighted by Gasteiger charge is 2.21. The Hall–Kier alpha value is -2.87. The smallest absolute Gasteiger partial charge is 0.120 e. The van der Waals surface area contributed by atoms with Gasteiger partial charge in [0.25, 0.3) is 0 Å². The Labute approximate surface area is 159 Å². The number of pyridine rings is 1. The third-order valence-electron chi connectivity index (χ3n) is 4.70. The van der Waals surface area contributed by atoms with Gasteiger partial charge < -0.3 is 9.47 Å². The Morgan fingerprint density at radius 3 is 3.00 bits per heavy atom. The van der Waals surface area contributed by atoms with Crippen molar-refractivity contribution in [3.05, 3.63) is 71.9 Å². The van der Waals surface area contributed by atoms with E-state index in [2.05, 4.69) is 35.1 Å². The Balaban J connectivity index is 1.35. The van der Waals surface area contributed by atoms with Crippen LogP contribution in [-0.2, 0) is 11.3 Å². The van der Waals surface area contributed by atoms with Gasteiger partial charge in [-0.3, -0.25) is 9.88 Å². The Morgan fingerprint density at radius 1 is 1.15 bits per heavy atom. The lowest BCUT2D eigenvalue weighted by atomic mass is 10.2. The summed E-state index contributed by atoms with van der Waals surface area (Å²) < 4.78 is 11.7. The van der Waals surface area contributed by atoms with Crippen LogP contribution in [-0.4, -0.2) is 42.3 Å². The third kappa shape index (κ3) is 4.46. The number of nitrogens with zero attached hydrogens (tertiary/aromatic N) is 2. The number of hydrogen-bond acceptors (Lipinski definition) is 4. The van der Waals surface area contributed by atoms with Crippen LogP contribution in [0.1, 0.15) is 11.3 Å². The zero-order valence-corrected chi connectivity index (χ0v) is 15.2. The van der Waals surface area contributed by atoms with Gasteiger partial charge >= 0.3 is 0 Å². The second-order valence-electron chi connectivity index (χ2n) is 6.71. The van der Waals surface area contributed by atoms with Crippen molar-refractivity contribution in [2.75, 3.05) is 26.3 Å². The molecule has 136 valence electrons. The molecular weight excluding hydrogens is 336 g/mol. The number of para-hydroxylation sites is 1. The molecule has 2 heterocycles. The maximum atomic E-state index is 5.88. The van der Waals surface area contributed by atoms with E-state index in [1.807, 2.05) is 36.4 Å². The van der Waals surface area contributed by atoms with E-state index >= 15 is 0 Å². The number of ether oxygens (including phenoxy) is 2. The lowest BCUT2D eigenvalue weighted by Crippen LogP contribution is -2.44. The van der Waals surface area contributed by atoms with Crippen molar-refractivity contribution < 1.29 is 9.47 Å². The number of aromatic nitrogens is 1. The molecule has 4 nitrogen and oxygen atoms in total. The molecule has 1 unspecified atom stereocenters. The van der Waals surface area contributed by atoms with Crippen LogP contribution in [0.2, 0.25) is 0 Å². The van der Waals surface area contributed by atoms with Crippen LogP contribution in [0.25, 0.3) is 10.9 Å². The summed E-state index contributed by atoms with van der Waals surface area (Å²) in [6.45, 7) is 3.75. The number of morpholine rings is 1. The number of hydrogen-bond donors (Lipinski definition) is 0. The molecule has 2 aromatic carbocycles. The number of rotatable bonds is 5. The Bertz CT molecular complexity index is 964. The first-order chi connectivity index (χ1) is 13.3. The zero-order valence-electron chi connectivity index (χ0n) is 15.2. The maximum absolute atomic E-state index is 5.88. The number of benzene rings is 2. The highest BCUT2D eigenvalue weighted by molar-refractivity contribution is 5.78. The largest absolute Gasteiger partial charge is 0.491 e. The molecule has 4 rings (SSSR count). The van der Waals surface area contributed by atoms with Crippen LogP contribution in [0.5, 0.6) is 5.75 Å². The fourth-order valence-corrected chi connectivity index (χ4v) is 3.32. The second-order valence-corrected chi connectivity index (χ2v) is 6.71. The molecule has 0 bridgehead atoms. The zero-order chi connectivity index (χ0) is 18.5. The quantitative estimate of drug-likeness (QED) is 0.654. The fourth-order valence-electron chi connectivity index (χ4n) is 3.32. The average Bonchev–Trinajstić information content (AvgIpc) is 2.73. The summed E-state index contributed by atoms with van der Waals surface area (Å²) in [5.74, 6) is 3.41. The van der Waals surface area contributed by atoms with Crippen molar-refractivity contribution in [1.82, 2.24) is 9.88 Å². The van der Waals surface area contributed by atoms with Crippen LogP contribution in [0.4, 0.5) is 0 Å². The van der Waals surface area contributed by atoms with E-state index in [1.54, 1.807) is 0 Å². The minimum Gasteiger partial charge on any atom is -0.491 e. The van der Waals surface area contributed by atoms with Gasteiger partial charge in [-0.1, -0.05) is 36.3 Å². The molecular formula is C23H22N2O2. The molecule has 1 atom stereocenters. The summed E-state index contributed by atoms with van der Waals surface area (Å²) in [4.78, 5) is 7.14. The van der Waals surface area contributed by atoms with Gasteiger partial charge in [-0.15, -0.1) is 6.42 Å². The molecule has 27 heavy (non-hydrogen) atoms. The van der Waals surface area contributed by atoms with E-state index in [9.17, 15) is 0 Å². The first-order valence-corrected chi connectivity index (χ1v) is 9.18. The molecule has 0 spiro atoms. The lowest BCUT2D eigenvalue weighted by molar-refractivity contribution is -0.0507. The van der Waals surface area contributed by atoms with E-state index < -0.39 is 0 Å². The highest BCUT2D eigenvalue weighted by Crippen LogP contribution is 2.17. The van der Waals surface area contributed by atoms with E-state index in [0.717, 1.165) is 42.2 Å². The molecule has 0 radical (unpaired) electrons. The molecule has 4 heteroatoms. The van der Waals surface area contributed by atoms with E-state index in [4.69, 9.17) is 20.9 Å². The van der Waals surface area contributed by atoms with Gasteiger partial charge in [-0.25, -0.2) is 0 Å². The SMILES string of the molecule is C#Cc1cccc(OCC2CN(Cc3ccc4ccccc4n3)CCO2)c1. The van der Waals surface area contributed by atoms with Crippen LogP contribution in [0.15, 0.2) is 60.7 Å². The molecule has 0 saturated carbocycles. The van der Waals surface area contributed by atoms with Crippen LogP contribution in [0, 0.1) is 12.3 Å². The van der Waals surface area contributed by atoms with E-state index in [0.29, 0.717) is 13.2 Å². The summed E-state index contributed by atoms with van der Waals surface area (Å²) in [7, 11) is 0. The van der Waals surface area contributed by atoms with E-state index in [-0.39, 0.29) is 6.10 Å². The maximum Gasteiger partial charge on any atom is 0.120 e. The van der Waals surface area contributed by atoms with Crippen molar-refractivity contribution in [1.29, 1.82) is 0 Å². The highest BCUT2D eigenvalue weighted by atomic mass is 16.5. The molecule has 1 aliphatic rings. The van der Waals surface area contributed by atoms with Crippen molar-refractivity contribution in [3.8, 4) is 18.1 Å². The van der Waals surface area contributed by atoms with Gasteiger partial charge in [0.05, 0.1) is 17.8 Å². The number of fused-ring (bicyclic) bond motifs is 1. The van der Waals surface area contributed by atoms with E-state index in [1.165, 1.54) is 5.39 Å². The molecule has 0 N–H and O–H groups in total. The van der Waals surface area contributed by atoms with Crippen molar-refractivity contribution in [2.24, 2.45) is 0 Å². The Kier molecular flexibility index (Phi) is 5.34. The van der Waals surface area contributed by atoms with Crippen molar-refractivity contribution in [2.45, 2.75) is 12.6 Å². The summed E-state index contributed by atoms with van der Waals surface area (Å²) in [5.41, 5.74) is 2.94. The monoisotopic (exact) mass is 358 g/mol. The standard InChI is InChI=1S/C23H22N2O2/c1-2-18-6-5-8-21(14-18)27-17-22-16-25(12-13-26-22)15-20-11-10-19-7-3-4-9-23(19)24-20/h1,3-11,14,22H,12-13,15-17H2. The fraction of sp³-hybridized carbons (Fsp3) is 0.261.